The minimum atomic E-state index is 0.0201. The lowest BCUT2D eigenvalue weighted by atomic mass is 9.96. The fourth-order valence-corrected chi connectivity index (χ4v) is 3.12. The molecule has 1 N–H and O–H groups in total. The topological polar surface area (TPSA) is 53.0 Å². The summed E-state index contributed by atoms with van der Waals surface area (Å²) in [5.41, 5.74) is 0.650. The van der Waals surface area contributed by atoms with E-state index in [9.17, 15) is 9.90 Å². The number of benzene rings is 1. The van der Waals surface area contributed by atoms with Crippen molar-refractivity contribution in [1.82, 2.24) is 9.80 Å². The molecule has 1 aliphatic heterocycles. The van der Waals surface area contributed by atoms with Gasteiger partial charge in [0, 0.05) is 37.7 Å². The van der Waals surface area contributed by atoms with Gasteiger partial charge in [0.2, 0.25) is 0 Å². The van der Waals surface area contributed by atoms with Crippen molar-refractivity contribution in [3.8, 4) is 5.75 Å². The third-order valence-electron chi connectivity index (χ3n) is 4.58. The number of carbonyl (C=O) groups is 1. The van der Waals surface area contributed by atoms with Crippen LogP contribution in [-0.2, 0) is 0 Å². The van der Waals surface area contributed by atoms with Gasteiger partial charge in [0.05, 0.1) is 6.61 Å². The molecule has 128 valence electrons. The second-order valence-electron chi connectivity index (χ2n) is 6.23. The van der Waals surface area contributed by atoms with Crippen LogP contribution >= 0.6 is 0 Å². The van der Waals surface area contributed by atoms with E-state index in [1.54, 1.807) is 6.07 Å². The molecule has 1 aliphatic rings. The molecular weight excluding hydrogens is 292 g/mol. The zero-order chi connectivity index (χ0) is 16.8. The zero-order valence-electron chi connectivity index (χ0n) is 14.4. The number of aliphatic hydroxyl groups excluding tert-OH is 1. The van der Waals surface area contributed by atoms with Gasteiger partial charge in [0.1, 0.15) is 5.75 Å². The number of hydrogen-bond donors (Lipinski definition) is 1. The molecule has 0 spiro atoms. The number of aliphatic hydroxyl groups is 1. The number of hydrogen-bond acceptors (Lipinski definition) is 4. The maximum absolute atomic E-state index is 12.7. The van der Waals surface area contributed by atoms with Crippen molar-refractivity contribution in [1.29, 1.82) is 0 Å². The summed E-state index contributed by atoms with van der Waals surface area (Å²) in [7, 11) is 2.07. The minimum absolute atomic E-state index is 0.0201. The molecule has 0 aromatic heterocycles. The Hall–Kier alpha value is -1.59. The van der Waals surface area contributed by atoms with E-state index in [0.29, 0.717) is 31.2 Å². The molecule has 0 bridgehead atoms. The number of amides is 1. The largest absolute Gasteiger partial charge is 0.494 e. The Balaban J connectivity index is 2.06. The van der Waals surface area contributed by atoms with E-state index in [4.69, 9.17) is 4.74 Å². The van der Waals surface area contributed by atoms with Crippen molar-refractivity contribution in [3.05, 3.63) is 29.8 Å². The summed E-state index contributed by atoms with van der Waals surface area (Å²) in [5.74, 6) is 1.22. The van der Waals surface area contributed by atoms with Crippen LogP contribution in [0.1, 0.15) is 24.2 Å². The predicted molar refractivity (Wildman–Crippen MR) is 90.8 cm³/mol. The maximum atomic E-state index is 12.7. The van der Waals surface area contributed by atoms with Crippen LogP contribution in [0.15, 0.2) is 24.3 Å². The van der Waals surface area contributed by atoms with Crippen LogP contribution in [0.5, 0.6) is 5.75 Å². The summed E-state index contributed by atoms with van der Waals surface area (Å²) in [6.07, 6.45) is 0. The monoisotopic (exact) mass is 320 g/mol. The lowest BCUT2D eigenvalue weighted by Gasteiger charge is -2.22. The Morgan fingerprint density at radius 3 is 2.74 bits per heavy atom. The molecule has 2 unspecified atom stereocenters. The summed E-state index contributed by atoms with van der Waals surface area (Å²) >= 11 is 0. The van der Waals surface area contributed by atoms with E-state index in [1.165, 1.54) is 0 Å². The Kier molecular flexibility index (Phi) is 6.42. The second-order valence-corrected chi connectivity index (χ2v) is 6.23. The Morgan fingerprint density at radius 2 is 2.09 bits per heavy atom. The molecule has 1 aromatic rings. The van der Waals surface area contributed by atoms with Gasteiger partial charge in [-0.1, -0.05) is 13.0 Å². The highest BCUT2D eigenvalue weighted by Gasteiger charge is 2.35. The van der Waals surface area contributed by atoms with Crippen molar-refractivity contribution in [2.45, 2.75) is 13.8 Å². The summed E-state index contributed by atoms with van der Waals surface area (Å²) in [5, 5.41) is 9.63. The van der Waals surface area contributed by atoms with E-state index < -0.39 is 0 Å². The van der Waals surface area contributed by atoms with Crippen LogP contribution in [0.3, 0.4) is 0 Å². The Morgan fingerprint density at radius 1 is 1.35 bits per heavy atom. The summed E-state index contributed by atoms with van der Waals surface area (Å²) in [6, 6.07) is 7.33. The smallest absolute Gasteiger partial charge is 0.254 e. The molecule has 1 saturated heterocycles. The number of rotatable bonds is 7. The first-order valence-corrected chi connectivity index (χ1v) is 8.40. The molecule has 5 nitrogen and oxygen atoms in total. The van der Waals surface area contributed by atoms with Gasteiger partial charge >= 0.3 is 0 Å². The number of ether oxygens (including phenoxy) is 1. The van der Waals surface area contributed by atoms with Gasteiger partial charge in [0.25, 0.3) is 5.91 Å². The summed E-state index contributed by atoms with van der Waals surface area (Å²) < 4.78 is 5.47. The quantitative estimate of drug-likeness (QED) is 0.831. The van der Waals surface area contributed by atoms with Crippen LogP contribution in [-0.4, -0.2) is 67.3 Å². The summed E-state index contributed by atoms with van der Waals surface area (Å²) in [6.45, 7) is 7.96. The van der Waals surface area contributed by atoms with Gasteiger partial charge in [-0.15, -0.1) is 0 Å². The van der Waals surface area contributed by atoms with Crippen LogP contribution in [0.25, 0.3) is 0 Å². The van der Waals surface area contributed by atoms with Crippen molar-refractivity contribution in [3.63, 3.8) is 0 Å². The molecule has 5 heteroatoms. The van der Waals surface area contributed by atoms with Gasteiger partial charge in [-0.2, -0.15) is 0 Å². The Bertz CT molecular complexity index is 521. The second kappa shape index (κ2) is 8.31. The van der Waals surface area contributed by atoms with Crippen LogP contribution in [0.4, 0.5) is 0 Å². The van der Waals surface area contributed by atoms with Crippen molar-refractivity contribution in [2.24, 2.45) is 11.8 Å². The standard InChI is InChI=1S/C18H28N2O3/c1-4-19(3)10-15-11-20(12-16(15)13-21)18(22)14-7-6-8-17(9-14)23-5-2/h6-9,15-16,21H,4-5,10-13H2,1-3H3. The first-order valence-electron chi connectivity index (χ1n) is 8.40. The van der Waals surface area contributed by atoms with Crippen molar-refractivity contribution in [2.75, 3.05) is 46.4 Å². The number of nitrogens with zero attached hydrogens (tertiary/aromatic N) is 2. The highest BCUT2D eigenvalue weighted by Crippen LogP contribution is 2.26. The highest BCUT2D eigenvalue weighted by molar-refractivity contribution is 5.94. The molecule has 23 heavy (non-hydrogen) atoms. The molecular formula is C18H28N2O3. The van der Waals surface area contributed by atoms with Crippen molar-refractivity contribution < 1.29 is 14.6 Å². The van der Waals surface area contributed by atoms with E-state index in [-0.39, 0.29) is 18.4 Å². The van der Waals surface area contributed by atoms with Crippen LogP contribution < -0.4 is 4.74 Å². The lowest BCUT2D eigenvalue weighted by Crippen LogP contribution is -2.32. The van der Waals surface area contributed by atoms with E-state index in [2.05, 4.69) is 18.9 Å². The predicted octanol–water partition coefficient (Wildman–Crippen LogP) is 1.72. The third-order valence-corrected chi connectivity index (χ3v) is 4.58. The van der Waals surface area contributed by atoms with Crippen LogP contribution in [0.2, 0.25) is 0 Å². The lowest BCUT2D eigenvalue weighted by molar-refractivity contribution is 0.0779. The minimum Gasteiger partial charge on any atom is -0.494 e. The third kappa shape index (κ3) is 4.45. The van der Waals surface area contributed by atoms with Crippen LogP contribution in [0, 0.1) is 11.8 Å². The molecule has 1 amide bonds. The van der Waals surface area contributed by atoms with Gasteiger partial charge in [0.15, 0.2) is 0 Å². The number of likely N-dealkylation sites (tertiary alicyclic amines) is 1. The fraction of sp³-hybridized carbons (Fsp3) is 0.611. The van der Waals surface area contributed by atoms with Gasteiger partial charge in [-0.3, -0.25) is 4.79 Å². The van der Waals surface area contributed by atoms with Gasteiger partial charge in [-0.05, 0) is 44.6 Å². The molecule has 1 aromatic carbocycles. The zero-order valence-corrected chi connectivity index (χ0v) is 14.4. The average molecular weight is 320 g/mol. The Labute approximate surface area is 138 Å². The van der Waals surface area contributed by atoms with E-state index >= 15 is 0 Å². The average Bonchev–Trinajstić information content (AvgIpc) is 2.97. The van der Waals surface area contributed by atoms with Gasteiger partial charge in [-0.25, -0.2) is 0 Å². The van der Waals surface area contributed by atoms with E-state index in [1.807, 2.05) is 30.0 Å². The first-order chi connectivity index (χ1) is 11.1. The fourth-order valence-electron chi connectivity index (χ4n) is 3.12. The first kappa shape index (κ1) is 17.8. The van der Waals surface area contributed by atoms with Gasteiger partial charge < -0.3 is 19.6 Å². The maximum Gasteiger partial charge on any atom is 0.254 e. The molecule has 2 atom stereocenters. The molecule has 1 fully saturated rings. The molecule has 0 aliphatic carbocycles. The molecule has 0 radical (unpaired) electrons. The number of carbonyl (C=O) groups excluding carboxylic acids is 1. The normalized spacial score (nSPS) is 21.0. The molecule has 1 heterocycles. The summed E-state index contributed by atoms with van der Waals surface area (Å²) in [4.78, 5) is 16.8. The molecule has 0 saturated carbocycles. The van der Waals surface area contributed by atoms with Crippen molar-refractivity contribution >= 4 is 5.91 Å². The highest BCUT2D eigenvalue weighted by atomic mass is 16.5. The molecule has 2 rings (SSSR count). The van der Waals surface area contributed by atoms with E-state index in [0.717, 1.165) is 18.8 Å². The SMILES string of the molecule is CCOc1cccc(C(=O)N2CC(CO)C(CN(C)CC)C2)c1.